The fourth-order valence-corrected chi connectivity index (χ4v) is 7.67. The summed E-state index contributed by atoms with van der Waals surface area (Å²) in [6, 6.07) is 47.3. The number of rotatable bonds is 7. The molecule has 0 N–H and O–H groups in total. The van der Waals surface area contributed by atoms with Crippen molar-refractivity contribution in [3.05, 3.63) is 145 Å². The molecule has 0 radical (unpaired) electrons. The molecule has 6 heteroatoms. The summed E-state index contributed by atoms with van der Waals surface area (Å²) in [7, 11) is 0. The first-order chi connectivity index (χ1) is 24.2. The van der Waals surface area contributed by atoms with E-state index in [1.807, 2.05) is 109 Å². The third kappa shape index (κ3) is 5.69. The van der Waals surface area contributed by atoms with Gasteiger partial charge in [-0.3, -0.25) is 0 Å². The Morgan fingerprint density at radius 3 is 1.10 bits per heavy atom. The number of fused-ring (bicyclic) bond motifs is 2. The second kappa shape index (κ2) is 12.3. The van der Waals surface area contributed by atoms with E-state index in [0.29, 0.717) is 40.4 Å². The highest BCUT2D eigenvalue weighted by Gasteiger charge is 2.45. The molecule has 9 rings (SSSR count). The SMILES string of the molecule is c1ccc(-c2nc(-c3ccccc3)nc(-c3cccc(-c4nc(-c5ccccc5)nc(-c5cccc(C67CCC(CC6)C7)c5)n4)c3)n2)cc1. The van der Waals surface area contributed by atoms with Crippen molar-refractivity contribution >= 4 is 0 Å². The van der Waals surface area contributed by atoms with Gasteiger partial charge in [0.2, 0.25) is 0 Å². The largest absolute Gasteiger partial charge is 0.208 e. The van der Waals surface area contributed by atoms with Gasteiger partial charge >= 0.3 is 0 Å². The van der Waals surface area contributed by atoms with Gasteiger partial charge in [-0.2, -0.15) is 0 Å². The Morgan fingerprint density at radius 2 is 0.714 bits per heavy atom. The van der Waals surface area contributed by atoms with Crippen LogP contribution in [-0.4, -0.2) is 29.9 Å². The number of hydrogen-bond acceptors (Lipinski definition) is 6. The molecule has 7 aromatic rings. The van der Waals surface area contributed by atoms with Gasteiger partial charge in [0, 0.05) is 33.4 Å². The monoisotopic (exact) mass is 634 g/mol. The lowest BCUT2D eigenvalue weighted by Gasteiger charge is -2.27. The minimum Gasteiger partial charge on any atom is -0.208 e. The summed E-state index contributed by atoms with van der Waals surface area (Å²) < 4.78 is 0. The van der Waals surface area contributed by atoms with Crippen LogP contribution in [0.25, 0.3) is 68.3 Å². The van der Waals surface area contributed by atoms with Gasteiger partial charge in [-0.1, -0.05) is 127 Å². The molecule has 0 atom stereocenters. The molecule has 0 saturated heterocycles. The maximum atomic E-state index is 5.12. The van der Waals surface area contributed by atoms with Crippen molar-refractivity contribution in [3.63, 3.8) is 0 Å². The third-order valence-corrected chi connectivity index (χ3v) is 10.2. The molecule has 0 spiro atoms. The molecule has 2 fully saturated rings. The van der Waals surface area contributed by atoms with Gasteiger partial charge in [-0.25, -0.2) is 29.9 Å². The van der Waals surface area contributed by atoms with E-state index >= 15 is 0 Å². The fraction of sp³-hybridized carbons (Fsp3) is 0.163. The first kappa shape index (κ1) is 29.3. The van der Waals surface area contributed by atoms with Crippen molar-refractivity contribution in [1.82, 2.24) is 29.9 Å². The molecule has 2 aromatic heterocycles. The van der Waals surface area contributed by atoms with Crippen LogP contribution in [0.3, 0.4) is 0 Å². The smallest absolute Gasteiger partial charge is 0.164 e. The van der Waals surface area contributed by atoms with Crippen LogP contribution < -0.4 is 0 Å². The van der Waals surface area contributed by atoms with Crippen LogP contribution in [-0.2, 0) is 5.41 Å². The lowest BCUT2D eigenvalue weighted by Crippen LogP contribution is -2.19. The number of benzene rings is 5. The van der Waals surface area contributed by atoms with Crippen LogP contribution in [0.4, 0.5) is 0 Å². The molecule has 0 unspecified atom stereocenters. The lowest BCUT2D eigenvalue weighted by molar-refractivity contribution is 0.419. The Balaban J connectivity index is 1.16. The Bertz CT molecular complexity index is 2200. The van der Waals surface area contributed by atoms with Gasteiger partial charge in [0.15, 0.2) is 34.9 Å². The maximum Gasteiger partial charge on any atom is 0.164 e. The summed E-state index contributed by atoms with van der Waals surface area (Å²) in [5.74, 6) is 4.65. The van der Waals surface area contributed by atoms with Crippen LogP contribution in [0, 0.1) is 5.92 Å². The topological polar surface area (TPSA) is 77.3 Å². The van der Waals surface area contributed by atoms with E-state index in [2.05, 4.69) is 30.3 Å². The van der Waals surface area contributed by atoms with Crippen LogP contribution in [0.1, 0.15) is 37.7 Å². The minimum atomic E-state index is 0.300. The van der Waals surface area contributed by atoms with E-state index < -0.39 is 0 Å². The summed E-state index contributed by atoms with van der Waals surface area (Å²) in [4.78, 5) is 30.0. The average Bonchev–Trinajstić information content (AvgIpc) is 3.82. The molecule has 6 nitrogen and oxygen atoms in total. The Labute approximate surface area is 286 Å². The highest BCUT2D eigenvalue weighted by molar-refractivity contribution is 5.72. The van der Waals surface area contributed by atoms with Gasteiger partial charge in [0.25, 0.3) is 0 Å². The molecular formula is C43H34N6. The van der Waals surface area contributed by atoms with Crippen molar-refractivity contribution < 1.29 is 0 Å². The second-order valence-electron chi connectivity index (χ2n) is 13.3. The van der Waals surface area contributed by atoms with Crippen molar-refractivity contribution in [2.75, 3.05) is 0 Å². The predicted octanol–water partition coefficient (Wildman–Crippen LogP) is 9.89. The summed E-state index contributed by atoms with van der Waals surface area (Å²) in [6.07, 6.45) is 6.54. The molecule has 49 heavy (non-hydrogen) atoms. The molecule has 0 amide bonds. The van der Waals surface area contributed by atoms with E-state index in [9.17, 15) is 0 Å². The molecule has 236 valence electrons. The van der Waals surface area contributed by atoms with E-state index in [-0.39, 0.29) is 0 Å². The summed E-state index contributed by atoms with van der Waals surface area (Å²) in [6.45, 7) is 0. The fourth-order valence-electron chi connectivity index (χ4n) is 7.67. The number of nitrogens with zero attached hydrogens (tertiary/aromatic N) is 6. The molecule has 5 aromatic carbocycles. The zero-order valence-corrected chi connectivity index (χ0v) is 27.1. The number of hydrogen-bond donors (Lipinski definition) is 0. The van der Waals surface area contributed by atoms with Crippen LogP contribution >= 0.6 is 0 Å². The van der Waals surface area contributed by atoms with Crippen LogP contribution in [0.15, 0.2) is 140 Å². The molecule has 2 bridgehead atoms. The summed E-state index contributed by atoms with van der Waals surface area (Å²) in [5, 5.41) is 0. The number of aromatic nitrogens is 6. The van der Waals surface area contributed by atoms with Gasteiger partial charge < -0.3 is 0 Å². The minimum absolute atomic E-state index is 0.300. The Hall–Kier alpha value is -5.88. The van der Waals surface area contributed by atoms with Crippen LogP contribution in [0.2, 0.25) is 0 Å². The Kier molecular flexibility index (Phi) is 7.34. The van der Waals surface area contributed by atoms with Crippen molar-refractivity contribution in [2.45, 2.75) is 37.5 Å². The quantitative estimate of drug-likeness (QED) is 0.174. The Morgan fingerprint density at radius 1 is 0.367 bits per heavy atom. The average molecular weight is 635 g/mol. The lowest BCUT2D eigenvalue weighted by atomic mass is 9.77. The van der Waals surface area contributed by atoms with Crippen molar-refractivity contribution in [1.29, 1.82) is 0 Å². The van der Waals surface area contributed by atoms with E-state index in [4.69, 9.17) is 29.9 Å². The maximum absolute atomic E-state index is 5.12. The molecule has 2 heterocycles. The first-order valence-electron chi connectivity index (χ1n) is 17.1. The van der Waals surface area contributed by atoms with E-state index in [1.165, 1.54) is 37.7 Å². The molecule has 0 aliphatic heterocycles. The summed E-state index contributed by atoms with van der Waals surface area (Å²) in [5.41, 5.74) is 7.29. The summed E-state index contributed by atoms with van der Waals surface area (Å²) >= 11 is 0. The van der Waals surface area contributed by atoms with Gasteiger partial charge in [0.1, 0.15) is 0 Å². The second-order valence-corrected chi connectivity index (χ2v) is 13.3. The zero-order valence-electron chi connectivity index (χ0n) is 27.1. The molecular weight excluding hydrogens is 601 g/mol. The molecule has 2 saturated carbocycles. The third-order valence-electron chi connectivity index (χ3n) is 10.2. The zero-order chi connectivity index (χ0) is 32.6. The van der Waals surface area contributed by atoms with Gasteiger partial charge in [0.05, 0.1) is 0 Å². The van der Waals surface area contributed by atoms with Gasteiger partial charge in [-0.15, -0.1) is 0 Å². The first-order valence-corrected chi connectivity index (χ1v) is 17.1. The van der Waals surface area contributed by atoms with Gasteiger partial charge in [-0.05, 0) is 61.1 Å². The van der Waals surface area contributed by atoms with Crippen molar-refractivity contribution in [2.24, 2.45) is 5.92 Å². The highest BCUT2D eigenvalue weighted by atomic mass is 15.0. The van der Waals surface area contributed by atoms with Crippen LogP contribution in [0.5, 0.6) is 0 Å². The van der Waals surface area contributed by atoms with E-state index in [1.54, 1.807) is 0 Å². The van der Waals surface area contributed by atoms with E-state index in [0.717, 1.165) is 39.3 Å². The standard InChI is InChI=1S/C43H34N6/c1-4-12-30(13-5-1)37-44-38(31-14-6-2-7-15-31)46-40(45-37)33-18-10-19-34(26-33)41-47-39(32-16-8-3-9-17-32)48-42(49-41)35-20-11-21-36(27-35)43-24-22-29(28-43)23-25-43/h1-21,26-27,29H,22-25,28H2. The normalized spacial score (nSPS) is 18.1. The molecule has 2 aliphatic rings. The molecule has 2 aliphatic carbocycles. The highest BCUT2D eigenvalue weighted by Crippen LogP contribution is 2.55. The van der Waals surface area contributed by atoms with Crippen molar-refractivity contribution in [3.8, 4) is 68.3 Å². The predicted molar refractivity (Wildman–Crippen MR) is 194 cm³/mol.